The van der Waals surface area contributed by atoms with Crippen molar-refractivity contribution in [3.8, 4) is 5.75 Å². The van der Waals surface area contributed by atoms with Crippen LogP contribution >= 0.6 is 0 Å². The molecule has 0 saturated carbocycles. The smallest absolute Gasteiger partial charge is 0.435 e. The topological polar surface area (TPSA) is 50.7 Å². The third-order valence-corrected chi connectivity index (χ3v) is 5.75. The average molecular weight is 538 g/mol. The predicted molar refractivity (Wildman–Crippen MR) is 138 cm³/mol. The van der Waals surface area contributed by atoms with Crippen molar-refractivity contribution in [3.05, 3.63) is 107 Å². The van der Waals surface area contributed by atoms with E-state index in [0.717, 1.165) is 40.8 Å². The summed E-state index contributed by atoms with van der Waals surface area (Å²) in [6, 6.07) is 12.9. The molecule has 0 atom stereocenters. The largest absolute Gasteiger partial charge is 0.573 e. The van der Waals surface area contributed by atoms with Crippen molar-refractivity contribution in [2.45, 2.75) is 53.1 Å². The van der Waals surface area contributed by atoms with Crippen LogP contribution in [0.2, 0.25) is 0 Å². The van der Waals surface area contributed by atoms with Crippen LogP contribution < -0.4 is 10.1 Å². The molecule has 0 aliphatic carbocycles. The summed E-state index contributed by atoms with van der Waals surface area (Å²) in [5.74, 6) is -0.632. The lowest BCUT2D eigenvalue weighted by Gasteiger charge is -2.14. The van der Waals surface area contributed by atoms with Crippen molar-refractivity contribution >= 4 is 5.57 Å². The highest BCUT2D eigenvalue weighted by molar-refractivity contribution is 5.69. The van der Waals surface area contributed by atoms with Gasteiger partial charge in [-0.1, -0.05) is 61.5 Å². The van der Waals surface area contributed by atoms with Crippen molar-refractivity contribution < 1.29 is 36.5 Å². The minimum atomic E-state index is -4.88. The van der Waals surface area contributed by atoms with E-state index in [1.54, 1.807) is 6.08 Å². The van der Waals surface area contributed by atoms with Gasteiger partial charge in [0.15, 0.2) is 0 Å². The maximum Gasteiger partial charge on any atom is 0.573 e. The third-order valence-electron chi connectivity index (χ3n) is 5.75. The van der Waals surface area contributed by atoms with Crippen molar-refractivity contribution in [1.29, 1.82) is 0 Å². The van der Waals surface area contributed by atoms with Gasteiger partial charge < -0.3 is 19.9 Å². The number of hydrogen-bond donors (Lipinski definition) is 2. The molecule has 2 rings (SSSR count). The van der Waals surface area contributed by atoms with Gasteiger partial charge in [-0.25, -0.2) is 0 Å². The second kappa shape index (κ2) is 14.4. The van der Waals surface area contributed by atoms with Gasteiger partial charge in [0.05, 0.1) is 6.61 Å². The first-order valence-electron chi connectivity index (χ1n) is 11.9. The molecule has 0 saturated heterocycles. The quantitative estimate of drug-likeness (QED) is 0.156. The third kappa shape index (κ3) is 10.4. The Labute approximate surface area is 219 Å². The number of halogens is 5. The molecular weight excluding hydrogens is 505 g/mol. The van der Waals surface area contributed by atoms with E-state index < -0.39 is 18.7 Å². The number of nitrogens with one attached hydrogen (secondary N) is 1. The number of hydrogen-bond acceptors (Lipinski definition) is 4. The van der Waals surface area contributed by atoms with Crippen molar-refractivity contribution in [1.82, 2.24) is 5.32 Å². The highest BCUT2D eigenvalue weighted by atomic mass is 19.4. The first kappa shape index (κ1) is 30.6. The van der Waals surface area contributed by atoms with Crippen LogP contribution in [0.4, 0.5) is 22.0 Å². The van der Waals surface area contributed by atoms with Crippen molar-refractivity contribution in [2.24, 2.45) is 0 Å². The minimum Gasteiger partial charge on any atom is -0.435 e. The fourth-order valence-corrected chi connectivity index (χ4v) is 3.45. The fraction of sp³-hybridized carbons (Fsp3) is 0.310. The molecule has 0 radical (unpaired) electrons. The van der Waals surface area contributed by atoms with E-state index in [-0.39, 0.29) is 23.5 Å². The lowest BCUT2D eigenvalue weighted by molar-refractivity contribution is -0.274. The molecule has 9 heteroatoms. The maximum atomic E-state index is 13.2. The fourth-order valence-electron chi connectivity index (χ4n) is 3.45. The Balaban J connectivity index is 2.32. The number of benzene rings is 2. The predicted octanol–water partition coefficient (Wildman–Crippen LogP) is 7.68. The van der Waals surface area contributed by atoms with E-state index >= 15 is 0 Å². The highest BCUT2D eigenvalue weighted by Crippen LogP contribution is 2.29. The second-order valence-corrected chi connectivity index (χ2v) is 8.54. The SMILES string of the molecule is C=C(CO)NCc1ccc(CC(/C=C\C(OC(F)F)=C(/C)c2cccc(OC(F)(F)F)c2)=C(/C)CC)cc1. The summed E-state index contributed by atoms with van der Waals surface area (Å²) in [6.07, 6.45) is -0.514. The standard InChI is InChI=1S/C29H32F5NO3/c1-5-19(2)24(15-22-9-11-23(12-10-22)17-35-20(3)18-36)13-14-27(37-28(30)31)21(4)25-7-6-8-26(16-25)38-29(32,33)34/h6-14,16,28,35-36H,3,5,15,17-18H2,1-2,4H3/b14-13-,24-19-,27-21-. The normalized spacial score (nSPS) is 13.3. The van der Waals surface area contributed by atoms with E-state index in [9.17, 15) is 22.0 Å². The Kier molecular flexibility index (Phi) is 11.6. The Hall–Kier alpha value is -3.59. The number of alkyl halides is 5. The Morgan fingerprint density at radius 2 is 1.71 bits per heavy atom. The van der Waals surface area contributed by atoms with E-state index in [1.807, 2.05) is 38.1 Å². The molecule has 206 valence electrons. The van der Waals surface area contributed by atoms with Crippen LogP contribution in [0.25, 0.3) is 5.57 Å². The zero-order chi connectivity index (χ0) is 28.3. The molecule has 38 heavy (non-hydrogen) atoms. The van der Waals surface area contributed by atoms with Gasteiger partial charge in [0.2, 0.25) is 0 Å². The van der Waals surface area contributed by atoms with E-state index in [4.69, 9.17) is 9.84 Å². The number of ether oxygens (including phenoxy) is 2. The van der Waals surface area contributed by atoms with E-state index in [1.165, 1.54) is 25.1 Å². The van der Waals surface area contributed by atoms with E-state index in [0.29, 0.717) is 18.7 Å². The Morgan fingerprint density at radius 3 is 2.29 bits per heavy atom. The summed E-state index contributed by atoms with van der Waals surface area (Å²) in [5, 5.41) is 12.1. The summed E-state index contributed by atoms with van der Waals surface area (Å²) in [6.45, 7) is 6.35. The van der Waals surface area contributed by atoms with Crippen LogP contribution in [0.1, 0.15) is 43.9 Å². The molecule has 0 aliphatic rings. The maximum absolute atomic E-state index is 13.2. The van der Waals surface area contributed by atoms with Gasteiger partial charge in [0, 0.05) is 12.2 Å². The molecule has 2 aromatic carbocycles. The van der Waals surface area contributed by atoms with Crippen LogP contribution in [0, 0.1) is 0 Å². The molecule has 0 heterocycles. The monoisotopic (exact) mass is 537 g/mol. The Morgan fingerprint density at radius 1 is 1.05 bits per heavy atom. The first-order valence-corrected chi connectivity index (χ1v) is 11.9. The molecule has 0 fully saturated rings. The van der Waals surface area contributed by atoms with Gasteiger partial charge in [0.1, 0.15) is 11.5 Å². The summed E-state index contributed by atoms with van der Waals surface area (Å²) in [4.78, 5) is 0. The summed E-state index contributed by atoms with van der Waals surface area (Å²) in [7, 11) is 0. The Bertz CT molecular complexity index is 1170. The van der Waals surface area contributed by atoms with Gasteiger partial charge in [0.25, 0.3) is 0 Å². The van der Waals surface area contributed by atoms with Crippen LogP contribution in [0.5, 0.6) is 5.75 Å². The summed E-state index contributed by atoms with van der Waals surface area (Å²) < 4.78 is 73.0. The lowest BCUT2D eigenvalue weighted by atomic mass is 9.97. The van der Waals surface area contributed by atoms with Crippen LogP contribution in [-0.2, 0) is 17.7 Å². The van der Waals surface area contributed by atoms with Crippen molar-refractivity contribution in [2.75, 3.05) is 6.61 Å². The molecule has 2 aromatic rings. The molecule has 0 amide bonds. The lowest BCUT2D eigenvalue weighted by Crippen LogP contribution is -2.17. The number of aliphatic hydroxyl groups excluding tert-OH is 1. The first-order chi connectivity index (χ1) is 17.9. The molecule has 0 bridgehead atoms. The highest BCUT2D eigenvalue weighted by Gasteiger charge is 2.31. The minimum absolute atomic E-state index is 0.146. The molecule has 0 aromatic heterocycles. The zero-order valence-electron chi connectivity index (χ0n) is 21.5. The molecule has 2 N–H and O–H groups in total. The van der Waals surface area contributed by atoms with Gasteiger partial charge >= 0.3 is 13.0 Å². The van der Waals surface area contributed by atoms with Gasteiger partial charge in [-0.15, -0.1) is 13.2 Å². The second-order valence-electron chi connectivity index (χ2n) is 8.54. The van der Waals surface area contributed by atoms with Gasteiger partial charge in [-0.05, 0) is 72.7 Å². The van der Waals surface area contributed by atoms with Crippen LogP contribution in [0.15, 0.2) is 89.9 Å². The number of rotatable bonds is 13. The molecule has 0 unspecified atom stereocenters. The van der Waals surface area contributed by atoms with Gasteiger partial charge in [-0.2, -0.15) is 8.78 Å². The summed E-state index contributed by atoms with van der Waals surface area (Å²) >= 11 is 0. The number of aliphatic hydroxyl groups is 1. The zero-order valence-corrected chi connectivity index (χ0v) is 21.5. The molecular formula is C29H32F5NO3. The van der Waals surface area contributed by atoms with Crippen LogP contribution in [0.3, 0.4) is 0 Å². The van der Waals surface area contributed by atoms with Crippen LogP contribution in [-0.4, -0.2) is 24.7 Å². The average Bonchev–Trinajstić information content (AvgIpc) is 2.87. The van der Waals surface area contributed by atoms with Crippen molar-refractivity contribution in [3.63, 3.8) is 0 Å². The molecule has 0 spiro atoms. The van der Waals surface area contributed by atoms with E-state index in [2.05, 4.69) is 16.6 Å². The molecule has 0 aliphatic heterocycles. The van der Waals surface area contributed by atoms with Gasteiger partial charge in [-0.3, -0.25) is 0 Å². The molecule has 4 nitrogen and oxygen atoms in total. The number of allylic oxidation sites excluding steroid dienone is 5. The summed E-state index contributed by atoms with van der Waals surface area (Å²) in [5.41, 5.74) is 4.93.